The van der Waals surface area contributed by atoms with E-state index in [2.05, 4.69) is 5.10 Å². The number of hydrogen-bond donors (Lipinski definition) is 1. The largest absolute Gasteiger partial charge is 0.389 e. The zero-order chi connectivity index (χ0) is 12.6. The Morgan fingerprint density at radius 3 is 2.88 bits per heavy atom. The van der Waals surface area contributed by atoms with Crippen LogP contribution in [0, 0.1) is 6.92 Å². The Hall–Kier alpha value is -0.580. The first-order valence-corrected chi connectivity index (χ1v) is 6.31. The third-order valence-electron chi connectivity index (χ3n) is 3.40. The van der Waals surface area contributed by atoms with E-state index in [1.165, 1.54) is 0 Å². The molecule has 96 valence electrons. The SMILES string of the molecule is Cc1nn(C)c(CC2(O)CCOC(C)C2)c1Cl. The summed E-state index contributed by atoms with van der Waals surface area (Å²) >= 11 is 6.21. The lowest BCUT2D eigenvalue weighted by Gasteiger charge is -2.35. The highest BCUT2D eigenvalue weighted by atomic mass is 35.5. The molecule has 0 radical (unpaired) electrons. The summed E-state index contributed by atoms with van der Waals surface area (Å²) in [6.45, 7) is 4.47. The highest BCUT2D eigenvalue weighted by Gasteiger charge is 2.35. The Morgan fingerprint density at radius 1 is 1.65 bits per heavy atom. The fourth-order valence-corrected chi connectivity index (χ4v) is 2.72. The second-order valence-electron chi connectivity index (χ2n) is 5.01. The minimum atomic E-state index is -0.721. The molecule has 0 bridgehead atoms. The van der Waals surface area contributed by atoms with Gasteiger partial charge in [-0.1, -0.05) is 11.6 Å². The van der Waals surface area contributed by atoms with E-state index in [4.69, 9.17) is 16.3 Å². The van der Waals surface area contributed by atoms with E-state index in [-0.39, 0.29) is 6.10 Å². The van der Waals surface area contributed by atoms with E-state index >= 15 is 0 Å². The van der Waals surface area contributed by atoms with E-state index in [1.54, 1.807) is 4.68 Å². The summed E-state index contributed by atoms with van der Waals surface area (Å²) in [5.41, 5.74) is 0.996. The van der Waals surface area contributed by atoms with Gasteiger partial charge in [0.25, 0.3) is 0 Å². The fourth-order valence-electron chi connectivity index (χ4n) is 2.49. The van der Waals surface area contributed by atoms with Gasteiger partial charge in [-0.15, -0.1) is 0 Å². The maximum absolute atomic E-state index is 10.6. The molecular weight excluding hydrogens is 240 g/mol. The molecule has 1 aliphatic rings. The highest BCUT2D eigenvalue weighted by molar-refractivity contribution is 6.31. The second-order valence-corrected chi connectivity index (χ2v) is 5.38. The molecule has 5 heteroatoms. The van der Waals surface area contributed by atoms with Crippen LogP contribution >= 0.6 is 11.6 Å². The monoisotopic (exact) mass is 258 g/mol. The molecule has 0 amide bonds. The molecule has 0 aromatic carbocycles. The number of aliphatic hydroxyl groups is 1. The van der Waals surface area contributed by atoms with Crippen molar-refractivity contribution in [2.24, 2.45) is 7.05 Å². The topological polar surface area (TPSA) is 47.3 Å². The third-order valence-corrected chi connectivity index (χ3v) is 3.89. The summed E-state index contributed by atoms with van der Waals surface area (Å²) in [6.07, 6.45) is 1.93. The van der Waals surface area contributed by atoms with Crippen LogP contribution in [-0.4, -0.2) is 33.2 Å². The molecule has 4 nitrogen and oxygen atoms in total. The van der Waals surface area contributed by atoms with Gasteiger partial charge >= 0.3 is 0 Å². The molecule has 1 N–H and O–H groups in total. The number of halogens is 1. The molecule has 2 heterocycles. The van der Waals surface area contributed by atoms with Crippen molar-refractivity contribution in [3.8, 4) is 0 Å². The Balaban J connectivity index is 2.19. The molecule has 1 aromatic heterocycles. The van der Waals surface area contributed by atoms with Gasteiger partial charge in [0, 0.05) is 26.5 Å². The Bertz CT molecular complexity index is 419. The van der Waals surface area contributed by atoms with E-state index in [0.717, 1.165) is 11.4 Å². The minimum Gasteiger partial charge on any atom is -0.389 e. The quantitative estimate of drug-likeness (QED) is 0.881. The predicted molar refractivity (Wildman–Crippen MR) is 66.3 cm³/mol. The Kier molecular flexibility index (Phi) is 3.48. The van der Waals surface area contributed by atoms with Gasteiger partial charge in [-0.25, -0.2) is 0 Å². The summed E-state index contributed by atoms with van der Waals surface area (Å²) in [7, 11) is 1.86. The number of rotatable bonds is 2. The summed E-state index contributed by atoms with van der Waals surface area (Å²) in [5.74, 6) is 0. The molecule has 2 atom stereocenters. The van der Waals surface area contributed by atoms with Crippen molar-refractivity contribution in [2.45, 2.75) is 44.8 Å². The minimum absolute atomic E-state index is 0.0989. The zero-order valence-corrected chi connectivity index (χ0v) is 11.3. The molecule has 2 rings (SSSR count). The van der Waals surface area contributed by atoms with Crippen LogP contribution < -0.4 is 0 Å². The van der Waals surface area contributed by atoms with Crippen molar-refractivity contribution in [1.82, 2.24) is 9.78 Å². The highest BCUT2D eigenvalue weighted by Crippen LogP contribution is 2.31. The van der Waals surface area contributed by atoms with Crippen LogP contribution in [0.25, 0.3) is 0 Å². The molecule has 0 saturated carbocycles. The first kappa shape index (κ1) is 12.9. The van der Waals surface area contributed by atoms with Crippen LogP contribution in [0.2, 0.25) is 5.02 Å². The lowest BCUT2D eigenvalue weighted by Crippen LogP contribution is -2.42. The molecule has 1 aromatic rings. The van der Waals surface area contributed by atoms with Crippen molar-refractivity contribution < 1.29 is 9.84 Å². The van der Waals surface area contributed by atoms with Crippen LogP contribution in [0.4, 0.5) is 0 Å². The predicted octanol–water partition coefficient (Wildman–Crippen LogP) is 1.85. The van der Waals surface area contributed by atoms with Crippen LogP contribution in [0.1, 0.15) is 31.2 Å². The second kappa shape index (κ2) is 4.59. The van der Waals surface area contributed by atoms with Crippen LogP contribution in [0.3, 0.4) is 0 Å². The Labute approximate surface area is 107 Å². The van der Waals surface area contributed by atoms with Crippen molar-refractivity contribution in [2.75, 3.05) is 6.61 Å². The lowest BCUT2D eigenvalue weighted by molar-refractivity contribution is -0.0968. The maximum Gasteiger partial charge on any atom is 0.0848 e. The number of aromatic nitrogens is 2. The summed E-state index contributed by atoms with van der Waals surface area (Å²) < 4.78 is 7.22. The summed E-state index contributed by atoms with van der Waals surface area (Å²) in [6, 6.07) is 0. The molecule has 0 spiro atoms. The Morgan fingerprint density at radius 2 is 2.35 bits per heavy atom. The molecule has 1 aliphatic heterocycles. The molecule has 1 saturated heterocycles. The smallest absolute Gasteiger partial charge is 0.0848 e. The van der Waals surface area contributed by atoms with Gasteiger partial charge in [0.1, 0.15) is 0 Å². The average molecular weight is 259 g/mol. The van der Waals surface area contributed by atoms with Crippen LogP contribution in [0.5, 0.6) is 0 Å². The van der Waals surface area contributed by atoms with Gasteiger partial charge in [-0.2, -0.15) is 5.10 Å². The van der Waals surface area contributed by atoms with Gasteiger partial charge in [0.15, 0.2) is 0 Å². The fraction of sp³-hybridized carbons (Fsp3) is 0.750. The van der Waals surface area contributed by atoms with Gasteiger partial charge in [0.2, 0.25) is 0 Å². The number of ether oxygens (including phenoxy) is 1. The summed E-state index contributed by atoms with van der Waals surface area (Å²) in [4.78, 5) is 0. The van der Waals surface area contributed by atoms with E-state index in [0.29, 0.717) is 30.9 Å². The lowest BCUT2D eigenvalue weighted by atomic mass is 9.86. The van der Waals surface area contributed by atoms with Gasteiger partial charge in [0.05, 0.1) is 28.1 Å². The van der Waals surface area contributed by atoms with Crippen LogP contribution in [0.15, 0.2) is 0 Å². The molecular formula is C12H19ClN2O2. The maximum atomic E-state index is 10.6. The van der Waals surface area contributed by atoms with Crippen molar-refractivity contribution in [1.29, 1.82) is 0 Å². The van der Waals surface area contributed by atoms with Crippen LogP contribution in [-0.2, 0) is 18.2 Å². The third kappa shape index (κ3) is 2.64. The van der Waals surface area contributed by atoms with Crippen molar-refractivity contribution in [3.05, 3.63) is 16.4 Å². The van der Waals surface area contributed by atoms with Gasteiger partial charge in [-0.3, -0.25) is 4.68 Å². The number of aryl methyl sites for hydroxylation is 2. The van der Waals surface area contributed by atoms with Crippen molar-refractivity contribution >= 4 is 11.6 Å². The first-order valence-electron chi connectivity index (χ1n) is 5.93. The first-order chi connectivity index (χ1) is 7.91. The van der Waals surface area contributed by atoms with Gasteiger partial charge < -0.3 is 9.84 Å². The normalized spacial score (nSPS) is 29.6. The van der Waals surface area contributed by atoms with E-state index in [9.17, 15) is 5.11 Å². The number of hydrogen-bond acceptors (Lipinski definition) is 3. The molecule has 0 aliphatic carbocycles. The zero-order valence-electron chi connectivity index (χ0n) is 10.5. The van der Waals surface area contributed by atoms with Gasteiger partial charge in [-0.05, 0) is 20.3 Å². The van der Waals surface area contributed by atoms with Crippen molar-refractivity contribution in [3.63, 3.8) is 0 Å². The molecule has 17 heavy (non-hydrogen) atoms. The standard InChI is InChI=1S/C12H19ClN2O2/c1-8-6-12(16,4-5-17-8)7-10-11(13)9(2)14-15(10)3/h8,16H,4-7H2,1-3H3. The van der Waals surface area contributed by atoms with E-state index < -0.39 is 5.60 Å². The molecule has 1 fully saturated rings. The number of nitrogens with zero attached hydrogens (tertiary/aromatic N) is 2. The van der Waals surface area contributed by atoms with E-state index in [1.807, 2.05) is 20.9 Å². The summed E-state index contributed by atoms with van der Waals surface area (Å²) in [5, 5.41) is 15.5. The molecule has 2 unspecified atom stereocenters. The average Bonchev–Trinajstić information content (AvgIpc) is 2.44.